The average Bonchev–Trinajstić information content (AvgIpc) is 3.00. The van der Waals surface area contributed by atoms with E-state index in [1.54, 1.807) is 29.1 Å². The maximum Gasteiger partial charge on any atom is 0.269 e. The van der Waals surface area contributed by atoms with Gasteiger partial charge in [-0.15, -0.1) is 0 Å². The van der Waals surface area contributed by atoms with Gasteiger partial charge >= 0.3 is 0 Å². The molecule has 8 heteroatoms. The summed E-state index contributed by atoms with van der Waals surface area (Å²) in [6.45, 7) is 3.12. The first kappa shape index (κ1) is 16.1. The van der Waals surface area contributed by atoms with Crippen molar-refractivity contribution in [1.82, 2.24) is 25.1 Å². The molecule has 0 atom stereocenters. The number of nitrogens with zero attached hydrogens (tertiary/aromatic N) is 4. The molecule has 1 aromatic carbocycles. The van der Waals surface area contributed by atoms with Gasteiger partial charge in [0.1, 0.15) is 11.4 Å². The van der Waals surface area contributed by atoms with Gasteiger partial charge in [0, 0.05) is 23.3 Å². The molecule has 0 bridgehead atoms. The highest BCUT2D eigenvalue weighted by molar-refractivity contribution is 6.36. The van der Waals surface area contributed by atoms with Gasteiger partial charge in [-0.1, -0.05) is 23.2 Å². The van der Waals surface area contributed by atoms with Crippen LogP contribution in [0.5, 0.6) is 0 Å². The zero-order valence-electron chi connectivity index (χ0n) is 13.3. The first-order chi connectivity index (χ1) is 12.0. The fourth-order valence-corrected chi connectivity index (χ4v) is 3.55. The molecule has 126 valence electrons. The normalized spacial score (nSPS) is 13.5. The number of carbonyl (C=O) groups excluding carboxylic acids is 1. The summed E-state index contributed by atoms with van der Waals surface area (Å²) in [5, 5.41) is 8.33. The highest BCUT2D eigenvalue weighted by atomic mass is 35.5. The lowest BCUT2D eigenvalue weighted by Gasteiger charge is -2.13. The Kier molecular flexibility index (Phi) is 3.94. The topological polar surface area (TPSA) is 72.7 Å². The van der Waals surface area contributed by atoms with E-state index in [-0.39, 0.29) is 5.91 Å². The Labute approximate surface area is 153 Å². The molecular formula is C17H13Cl2N5O. The standard InChI is InChI=1S/C17H13Cl2N5O/c1-9-6-10(18)7-11(19)15(9)16-20-3-2-12(22-16)13-8-14-17(25)21-4-5-24(14)23-13/h2-3,6-8H,4-5H2,1H3,(H,21,25). The summed E-state index contributed by atoms with van der Waals surface area (Å²) in [7, 11) is 0. The van der Waals surface area contributed by atoms with Crippen molar-refractivity contribution in [2.45, 2.75) is 13.5 Å². The van der Waals surface area contributed by atoms with Crippen LogP contribution in [0.2, 0.25) is 10.0 Å². The van der Waals surface area contributed by atoms with Crippen LogP contribution >= 0.6 is 23.2 Å². The Bertz CT molecular complexity index is 975. The number of aromatic nitrogens is 4. The molecule has 1 amide bonds. The maximum atomic E-state index is 11.9. The number of benzene rings is 1. The highest BCUT2D eigenvalue weighted by Crippen LogP contribution is 2.32. The third kappa shape index (κ3) is 2.88. The molecule has 2 aromatic heterocycles. The minimum atomic E-state index is -0.129. The number of amides is 1. The van der Waals surface area contributed by atoms with E-state index >= 15 is 0 Å². The lowest BCUT2D eigenvalue weighted by molar-refractivity contribution is 0.0924. The van der Waals surface area contributed by atoms with Gasteiger partial charge in [0.25, 0.3) is 5.91 Å². The first-order valence-corrected chi connectivity index (χ1v) is 8.44. The Balaban J connectivity index is 1.80. The van der Waals surface area contributed by atoms with E-state index in [0.717, 1.165) is 11.1 Å². The van der Waals surface area contributed by atoms with Crippen LogP contribution in [0.15, 0.2) is 30.5 Å². The number of hydrogen-bond donors (Lipinski definition) is 1. The summed E-state index contributed by atoms with van der Waals surface area (Å²) in [6.07, 6.45) is 1.65. The van der Waals surface area contributed by atoms with Crippen molar-refractivity contribution in [2.75, 3.05) is 6.54 Å². The maximum absolute atomic E-state index is 11.9. The second kappa shape index (κ2) is 6.13. The number of fused-ring (bicyclic) bond motifs is 1. The molecule has 0 saturated carbocycles. The molecule has 0 unspecified atom stereocenters. The van der Waals surface area contributed by atoms with Gasteiger partial charge in [-0.25, -0.2) is 9.97 Å². The molecule has 0 spiro atoms. The van der Waals surface area contributed by atoms with Gasteiger partial charge in [-0.05, 0) is 36.8 Å². The van der Waals surface area contributed by atoms with Crippen molar-refractivity contribution in [1.29, 1.82) is 0 Å². The summed E-state index contributed by atoms with van der Waals surface area (Å²) < 4.78 is 1.69. The predicted octanol–water partition coefficient (Wildman–Crippen LogP) is 3.37. The average molecular weight is 374 g/mol. The number of halogens is 2. The quantitative estimate of drug-likeness (QED) is 0.747. The van der Waals surface area contributed by atoms with Crippen LogP contribution in [0.4, 0.5) is 0 Å². The lowest BCUT2D eigenvalue weighted by Crippen LogP contribution is -2.35. The summed E-state index contributed by atoms with van der Waals surface area (Å²) in [6, 6.07) is 6.98. The molecule has 25 heavy (non-hydrogen) atoms. The van der Waals surface area contributed by atoms with Gasteiger partial charge in [0.05, 0.1) is 17.3 Å². The fraction of sp³-hybridized carbons (Fsp3) is 0.176. The van der Waals surface area contributed by atoms with Gasteiger partial charge < -0.3 is 5.32 Å². The second-order valence-corrected chi connectivity index (χ2v) is 6.58. The predicted molar refractivity (Wildman–Crippen MR) is 95.8 cm³/mol. The van der Waals surface area contributed by atoms with Crippen molar-refractivity contribution in [3.8, 4) is 22.8 Å². The van der Waals surface area contributed by atoms with Crippen LogP contribution in [0.1, 0.15) is 16.1 Å². The first-order valence-electron chi connectivity index (χ1n) is 7.68. The zero-order chi connectivity index (χ0) is 17.6. The van der Waals surface area contributed by atoms with Crippen LogP contribution in [-0.4, -0.2) is 32.2 Å². The molecule has 3 aromatic rings. The fourth-order valence-electron chi connectivity index (χ4n) is 2.87. The number of aryl methyl sites for hydroxylation is 1. The summed E-state index contributed by atoms with van der Waals surface area (Å²) in [5.74, 6) is 0.364. The van der Waals surface area contributed by atoms with Crippen molar-refractivity contribution in [3.63, 3.8) is 0 Å². The number of rotatable bonds is 2. The van der Waals surface area contributed by atoms with Gasteiger partial charge in [-0.2, -0.15) is 5.10 Å². The van der Waals surface area contributed by atoms with Gasteiger partial charge in [0.15, 0.2) is 5.82 Å². The second-order valence-electron chi connectivity index (χ2n) is 5.74. The number of nitrogens with one attached hydrogen (secondary N) is 1. The largest absolute Gasteiger partial charge is 0.349 e. The molecule has 1 aliphatic heterocycles. The van der Waals surface area contributed by atoms with Crippen LogP contribution in [-0.2, 0) is 6.54 Å². The molecule has 3 heterocycles. The minimum absolute atomic E-state index is 0.129. The zero-order valence-corrected chi connectivity index (χ0v) is 14.8. The number of carbonyl (C=O) groups is 1. The van der Waals surface area contributed by atoms with E-state index in [9.17, 15) is 4.79 Å². The van der Waals surface area contributed by atoms with Crippen molar-refractivity contribution < 1.29 is 4.79 Å². The molecule has 1 aliphatic rings. The lowest BCUT2D eigenvalue weighted by atomic mass is 10.1. The smallest absolute Gasteiger partial charge is 0.269 e. The summed E-state index contributed by atoms with van der Waals surface area (Å²) >= 11 is 12.4. The van der Waals surface area contributed by atoms with E-state index in [2.05, 4.69) is 20.4 Å². The van der Waals surface area contributed by atoms with Gasteiger partial charge in [0.2, 0.25) is 0 Å². The minimum Gasteiger partial charge on any atom is -0.349 e. The van der Waals surface area contributed by atoms with Crippen molar-refractivity contribution in [3.05, 3.63) is 51.8 Å². The molecule has 1 N–H and O–H groups in total. The van der Waals surface area contributed by atoms with Gasteiger partial charge in [-0.3, -0.25) is 9.48 Å². The Morgan fingerprint density at radius 1 is 1.20 bits per heavy atom. The molecule has 6 nitrogen and oxygen atoms in total. The van der Waals surface area contributed by atoms with Crippen LogP contribution < -0.4 is 5.32 Å². The monoisotopic (exact) mass is 373 g/mol. The molecule has 0 radical (unpaired) electrons. The van der Waals surface area contributed by atoms with Crippen LogP contribution in [0, 0.1) is 6.92 Å². The van der Waals surface area contributed by atoms with Crippen LogP contribution in [0.25, 0.3) is 22.8 Å². The van der Waals surface area contributed by atoms with E-state index in [0.29, 0.717) is 46.0 Å². The number of hydrogen-bond acceptors (Lipinski definition) is 4. The van der Waals surface area contributed by atoms with Crippen LogP contribution in [0.3, 0.4) is 0 Å². The Morgan fingerprint density at radius 3 is 2.80 bits per heavy atom. The SMILES string of the molecule is Cc1cc(Cl)cc(Cl)c1-c1nccc(-c2cc3n(n2)CCNC3=O)n1. The summed E-state index contributed by atoms with van der Waals surface area (Å²) in [5.41, 5.74) is 3.40. The van der Waals surface area contributed by atoms with Crippen molar-refractivity contribution >= 4 is 29.1 Å². The molecule has 0 fully saturated rings. The third-order valence-corrected chi connectivity index (χ3v) is 4.53. The van der Waals surface area contributed by atoms with E-state index in [1.165, 1.54) is 0 Å². The van der Waals surface area contributed by atoms with E-state index < -0.39 is 0 Å². The Morgan fingerprint density at radius 2 is 2.04 bits per heavy atom. The molecule has 4 rings (SSSR count). The van der Waals surface area contributed by atoms with Crippen molar-refractivity contribution in [2.24, 2.45) is 0 Å². The van der Waals surface area contributed by atoms with E-state index in [1.807, 2.05) is 13.0 Å². The summed E-state index contributed by atoms with van der Waals surface area (Å²) in [4.78, 5) is 20.8. The third-order valence-electron chi connectivity index (χ3n) is 4.02. The Hall–Kier alpha value is -2.44. The van der Waals surface area contributed by atoms with E-state index in [4.69, 9.17) is 23.2 Å². The molecule has 0 saturated heterocycles. The molecular weight excluding hydrogens is 361 g/mol. The highest BCUT2D eigenvalue weighted by Gasteiger charge is 2.21. The molecule has 0 aliphatic carbocycles.